The monoisotopic (exact) mass is 267 g/mol. The fraction of sp³-hybridized carbons (Fsp3) is 0.571. The minimum Gasteiger partial charge on any atom is -0.541 e. The molecule has 0 saturated heterocycles. The lowest BCUT2D eigenvalue weighted by molar-refractivity contribution is 0.386. The van der Waals surface area contributed by atoms with Gasteiger partial charge in [-0.2, -0.15) is 0 Å². The number of nitrogens with one attached hydrogen (secondary N) is 1. The fourth-order valence-corrected chi connectivity index (χ4v) is 2.36. The molecular weight excluding hydrogens is 242 g/mol. The Hall–Kier alpha value is -1.16. The van der Waals surface area contributed by atoms with Crippen molar-refractivity contribution in [3.63, 3.8) is 0 Å². The van der Waals surface area contributed by atoms with Gasteiger partial charge < -0.3 is 14.5 Å². The van der Waals surface area contributed by atoms with Crippen LogP contribution in [0.1, 0.15) is 20.8 Å². The van der Waals surface area contributed by atoms with Crippen molar-refractivity contribution >= 4 is 14.0 Å². The Morgan fingerprint density at radius 2 is 1.72 bits per heavy atom. The van der Waals surface area contributed by atoms with Gasteiger partial charge in [-0.3, -0.25) is 0 Å². The molecule has 18 heavy (non-hydrogen) atoms. The molecule has 0 radical (unpaired) electrons. The van der Waals surface area contributed by atoms with Crippen LogP contribution in [-0.4, -0.2) is 22.5 Å². The Morgan fingerprint density at radius 3 is 2.17 bits per heavy atom. The third-order valence-electron chi connectivity index (χ3n) is 3.62. The number of ether oxygens (including phenoxy) is 1. The zero-order valence-electron chi connectivity index (χ0n) is 12.5. The van der Waals surface area contributed by atoms with E-state index in [2.05, 4.69) is 39.2 Å². The Labute approximate surface area is 112 Å². The van der Waals surface area contributed by atoms with Crippen LogP contribution in [0.4, 0.5) is 5.69 Å². The number of anilines is 1. The molecule has 1 aromatic carbocycles. The molecular formula is C14H25NO2Si. The van der Waals surface area contributed by atoms with Crippen molar-refractivity contribution in [1.82, 2.24) is 0 Å². The topological polar surface area (TPSA) is 30.5 Å². The minimum absolute atomic E-state index is 0.180. The lowest BCUT2D eigenvalue weighted by Gasteiger charge is -2.36. The fourth-order valence-electron chi connectivity index (χ4n) is 1.34. The predicted molar refractivity (Wildman–Crippen MR) is 80.4 cm³/mol. The van der Waals surface area contributed by atoms with Crippen LogP contribution < -0.4 is 14.5 Å². The maximum absolute atomic E-state index is 6.27. The first kappa shape index (κ1) is 14.9. The van der Waals surface area contributed by atoms with E-state index in [1.807, 2.05) is 25.2 Å². The van der Waals surface area contributed by atoms with Gasteiger partial charge in [0.15, 0.2) is 5.75 Å². The smallest absolute Gasteiger partial charge is 0.250 e. The van der Waals surface area contributed by atoms with Crippen LogP contribution in [0.3, 0.4) is 0 Å². The van der Waals surface area contributed by atoms with Crippen molar-refractivity contribution in [3.05, 3.63) is 18.2 Å². The number of hydrogen-bond donors (Lipinski definition) is 1. The van der Waals surface area contributed by atoms with Crippen molar-refractivity contribution < 1.29 is 9.16 Å². The van der Waals surface area contributed by atoms with E-state index in [-0.39, 0.29) is 5.04 Å². The summed E-state index contributed by atoms with van der Waals surface area (Å²) in [5.74, 6) is 1.62. The Balaban J connectivity index is 3.04. The van der Waals surface area contributed by atoms with E-state index in [0.29, 0.717) is 0 Å². The number of benzene rings is 1. The van der Waals surface area contributed by atoms with E-state index in [9.17, 15) is 0 Å². The van der Waals surface area contributed by atoms with Gasteiger partial charge in [0.2, 0.25) is 0 Å². The summed E-state index contributed by atoms with van der Waals surface area (Å²) in [5.41, 5.74) is 1.02. The van der Waals surface area contributed by atoms with Gasteiger partial charge in [0, 0.05) is 18.8 Å². The van der Waals surface area contributed by atoms with E-state index in [0.717, 1.165) is 17.2 Å². The van der Waals surface area contributed by atoms with Crippen LogP contribution in [0.2, 0.25) is 18.1 Å². The van der Waals surface area contributed by atoms with Crippen LogP contribution in [0.15, 0.2) is 18.2 Å². The zero-order chi connectivity index (χ0) is 14.0. The maximum atomic E-state index is 6.27. The highest BCUT2D eigenvalue weighted by Crippen LogP contribution is 2.40. The Kier molecular flexibility index (Phi) is 4.32. The molecule has 0 aliphatic rings. The number of methoxy groups -OCH3 is 1. The summed E-state index contributed by atoms with van der Waals surface area (Å²) in [6, 6.07) is 5.94. The summed E-state index contributed by atoms with van der Waals surface area (Å²) in [5, 5.41) is 3.28. The highest BCUT2D eigenvalue weighted by molar-refractivity contribution is 6.74. The SMILES string of the molecule is CNc1ccc(O[Si](C)(C)C(C)(C)C)c(OC)c1. The second-order valence-corrected chi connectivity index (χ2v) is 10.7. The third-order valence-corrected chi connectivity index (χ3v) is 7.97. The largest absolute Gasteiger partial charge is 0.541 e. The van der Waals surface area contributed by atoms with Gasteiger partial charge in [-0.05, 0) is 30.3 Å². The van der Waals surface area contributed by atoms with E-state index in [1.54, 1.807) is 7.11 Å². The molecule has 0 amide bonds. The highest BCUT2D eigenvalue weighted by Gasteiger charge is 2.39. The Bertz CT molecular complexity index is 411. The molecule has 102 valence electrons. The average molecular weight is 267 g/mol. The molecule has 0 fully saturated rings. The van der Waals surface area contributed by atoms with Gasteiger partial charge in [-0.25, -0.2) is 0 Å². The van der Waals surface area contributed by atoms with Gasteiger partial charge >= 0.3 is 0 Å². The molecule has 1 aromatic rings. The average Bonchev–Trinajstić information content (AvgIpc) is 2.27. The standard InChI is InChI=1S/C14H25NO2Si/c1-14(2,3)18(6,7)17-12-9-8-11(15-4)10-13(12)16-5/h8-10,15H,1-7H3. The molecule has 0 heterocycles. The first-order chi connectivity index (χ1) is 8.21. The van der Waals surface area contributed by atoms with E-state index < -0.39 is 8.32 Å². The van der Waals surface area contributed by atoms with Gasteiger partial charge in [-0.1, -0.05) is 20.8 Å². The van der Waals surface area contributed by atoms with Crippen LogP contribution in [0.25, 0.3) is 0 Å². The first-order valence-electron chi connectivity index (χ1n) is 6.26. The van der Waals surface area contributed by atoms with Crippen LogP contribution in [0.5, 0.6) is 11.5 Å². The van der Waals surface area contributed by atoms with Crippen molar-refractivity contribution in [2.24, 2.45) is 0 Å². The normalized spacial score (nSPS) is 12.2. The molecule has 4 heteroatoms. The summed E-state index contributed by atoms with van der Waals surface area (Å²) in [4.78, 5) is 0. The third kappa shape index (κ3) is 3.19. The summed E-state index contributed by atoms with van der Waals surface area (Å²) in [7, 11) is 1.74. The van der Waals surface area contributed by atoms with Crippen LogP contribution in [-0.2, 0) is 0 Å². The van der Waals surface area contributed by atoms with Gasteiger partial charge in [0.25, 0.3) is 8.32 Å². The van der Waals surface area contributed by atoms with Crippen molar-refractivity contribution in [1.29, 1.82) is 0 Å². The van der Waals surface area contributed by atoms with E-state index in [1.165, 1.54) is 0 Å². The molecule has 0 aliphatic carbocycles. The van der Waals surface area contributed by atoms with Crippen LogP contribution >= 0.6 is 0 Å². The van der Waals surface area contributed by atoms with Crippen molar-refractivity contribution in [2.75, 3.05) is 19.5 Å². The Morgan fingerprint density at radius 1 is 1.11 bits per heavy atom. The van der Waals surface area contributed by atoms with Crippen molar-refractivity contribution in [3.8, 4) is 11.5 Å². The summed E-state index contributed by atoms with van der Waals surface area (Å²) in [6.07, 6.45) is 0. The predicted octanol–water partition coefficient (Wildman–Crippen LogP) is 4.12. The number of hydrogen-bond acceptors (Lipinski definition) is 3. The molecule has 1 rings (SSSR count). The first-order valence-corrected chi connectivity index (χ1v) is 9.17. The molecule has 0 saturated carbocycles. The van der Waals surface area contributed by atoms with Gasteiger partial charge in [-0.15, -0.1) is 0 Å². The molecule has 0 aromatic heterocycles. The molecule has 0 spiro atoms. The van der Waals surface area contributed by atoms with Crippen LogP contribution in [0, 0.1) is 0 Å². The lowest BCUT2D eigenvalue weighted by Crippen LogP contribution is -2.43. The quantitative estimate of drug-likeness (QED) is 0.832. The maximum Gasteiger partial charge on any atom is 0.250 e. The minimum atomic E-state index is -1.82. The molecule has 0 atom stereocenters. The summed E-state index contributed by atoms with van der Waals surface area (Å²) < 4.78 is 11.7. The highest BCUT2D eigenvalue weighted by atomic mass is 28.4. The lowest BCUT2D eigenvalue weighted by atomic mass is 10.2. The van der Waals surface area contributed by atoms with E-state index in [4.69, 9.17) is 9.16 Å². The van der Waals surface area contributed by atoms with E-state index >= 15 is 0 Å². The van der Waals surface area contributed by atoms with Gasteiger partial charge in [0.05, 0.1) is 7.11 Å². The van der Waals surface area contributed by atoms with Gasteiger partial charge in [0.1, 0.15) is 5.75 Å². The summed E-state index contributed by atoms with van der Waals surface area (Å²) >= 11 is 0. The second kappa shape index (κ2) is 5.22. The molecule has 3 nitrogen and oxygen atoms in total. The second-order valence-electron chi connectivity index (χ2n) is 5.98. The zero-order valence-corrected chi connectivity index (χ0v) is 13.5. The molecule has 0 unspecified atom stereocenters. The molecule has 1 N–H and O–H groups in total. The molecule has 0 aliphatic heterocycles. The summed E-state index contributed by atoms with van der Waals surface area (Å²) in [6.45, 7) is 11.2. The number of rotatable bonds is 4. The molecule has 0 bridgehead atoms. The van der Waals surface area contributed by atoms with Crippen molar-refractivity contribution in [2.45, 2.75) is 38.9 Å².